The molecule has 2 amide bonds. The zero-order valence-electron chi connectivity index (χ0n) is 10.8. The summed E-state index contributed by atoms with van der Waals surface area (Å²) in [5, 5.41) is 5.86. The van der Waals surface area contributed by atoms with Crippen molar-refractivity contribution in [3.8, 4) is 5.75 Å². The number of rotatable bonds is 3. The Bertz CT molecular complexity index is 614. The average Bonchev–Trinajstić information content (AvgIpc) is 2.43. The Labute approximate surface area is 121 Å². The number of carbonyl (C=O) groups is 1. The lowest BCUT2D eigenvalue weighted by molar-refractivity contribution is 0.262. The van der Waals surface area contributed by atoms with Gasteiger partial charge in [0.25, 0.3) is 0 Å². The molecule has 0 radical (unpaired) electrons. The predicted molar refractivity (Wildman–Crippen MR) is 81.5 cm³/mol. The van der Waals surface area contributed by atoms with E-state index in [1.54, 1.807) is 49.6 Å². The topological polar surface area (TPSA) is 76.4 Å². The molecule has 0 heterocycles. The van der Waals surface area contributed by atoms with E-state index in [2.05, 4.69) is 10.6 Å². The summed E-state index contributed by atoms with van der Waals surface area (Å²) in [5.74, 6) is 0.720. The quantitative estimate of drug-likeness (QED) is 0.757. The number of nitrogen functional groups attached to an aromatic ring is 1. The van der Waals surface area contributed by atoms with E-state index in [0.717, 1.165) is 5.75 Å². The Kier molecular flexibility index (Phi) is 4.32. The number of urea groups is 1. The molecule has 0 bridgehead atoms. The number of benzene rings is 2. The first-order chi connectivity index (χ1) is 9.58. The Morgan fingerprint density at radius 1 is 1.15 bits per heavy atom. The molecule has 0 atom stereocenters. The van der Waals surface area contributed by atoms with Gasteiger partial charge in [-0.2, -0.15) is 0 Å². The van der Waals surface area contributed by atoms with Crippen LogP contribution in [0.15, 0.2) is 42.5 Å². The van der Waals surface area contributed by atoms with E-state index in [1.165, 1.54) is 0 Å². The van der Waals surface area contributed by atoms with Crippen LogP contribution in [-0.4, -0.2) is 13.1 Å². The molecule has 0 aliphatic heterocycles. The van der Waals surface area contributed by atoms with Gasteiger partial charge in [0.15, 0.2) is 0 Å². The monoisotopic (exact) mass is 291 g/mol. The van der Waals surface area contributed by atoms with Crippen LogP contribution < -0.4 is 21.1 Å². The van der Waals surface area contributed by atoms with Crippen molar-refractivity contribution >= 4 is 34.7 Å². The van der Waals surface area contributed by atoms with Gasteiger partial charge in [0.05, 0.1) is 18.5 Å². The number of ether oxygens (including phenoxy) is 1. The van der Waals surface area contributed by atoms with Crippen molar-refractivity contribution in [1.29, 1.82) is 0 Å². The van der Waals surface area contributed by atoms with Gasteiger partial charge in [-0.15, -0.1) is 0 Å². The minimum atomic E-state index is -0.385. The lowest BCUT2D eigenvalue weighted by atomic mass is 10.2. The Hall–Kier alpha value is -2.40. The number of methoxy groups -OCH3 is 1. The summed E-state index contributed by atoms with van der Waals surface area (Å²) in [4.78, 5) is 11.8. The summed E-state index contributed by atoms with van der Waals surface area (Å²) in [6, 6.07) is 11.5. The van der Waals surface area contributed by atoms with Crippen LogP contribution in [0, 0.1) is 0 Å². The summed E-state index contributed by atoms with van der Waals surface area (Å²) in [5.41, 5.74) is 7.31. The first-order valence-corrected chi connectivity index (χ1v) is 6.23. The molecule has 0 aliphatic rings. The third-order valence-corrected chi connectivity index (χ3v) is 2.84. The first-order valence-electron chi connectivity index (χ1n) is 5.85. The lowest BCUT2D eigenvalue weighted by Crippen LogP contribution is -2.20. The summed E-state index contributed by atoms with van der Waals surface area (Å²) in [6.07, 6.45) is 0. The lowest BCUT2D eigenvalue weighted by Gasteiger charge is -2.10. The van der Waals surface area contributed by atoms with Crippen LogP contribution in [0.2, 0.25) is 5.02 Å². The van der Waals surface area contributed by atoms with Gasteiger partial charge in [-0.05, 0) is 42.5 Å². The first kappa shape index (κ1) is 14.0. The van der Waals surface area contributed by atoms with E-state index in [9.17, 15) is 4.79 Å². The minimum Gasteiger partial charge on any atom is -0.497 e. The zero-order valence-corrected chi connectivity index (χ0v) is 11.6. The molecule has 0 spiro atoms. The fourth-order valence-electron chi connectivity index (χ4n) is 1.61. The second kappa shape index (κ2) is 6.16. The van der Waals surface area contributed by atoms with Gasteiger partial charge in [0.2, 0.25) is 0 Å². The third-order valence-electron chi connectivity index (χ3n) is 2.61. The van der Waals surface area contributed by atoms with Gasteiger partial charge in [0.1, 0.15) is 5.75 Å². The number of nitrogens with two attached hydrogens (primary N) is 1. The van der Waals surface area contributed by atoms with Crippen LogP contribution >= 0.6 is 11.6 Å². The molecule has 0 unspecified atom stereocenters. The number of hydrogen-bond donors (Lipinski definition) is 3. The molecule has 5 nitrogen and oxygen atoms in total. The van der Waals surface area contributed by atoms with E-state index in [0.29, 0.717) is 22.1 Å². The van der Waals surface area contributed by atoms with Crippen LogP contribution in [0.1, 0.15) is 0 Å². The van der Waals surface area contributed by atoms with Crippen molar-refractivity contribution in [2.75, 3.05) is 23.5 Å². The van der Waals surface area contributed by atoms with Gasteiger partial charge in [-0.25, -0.2) is 4.79 Å². The highest BCUT2D eigenvalue weighted by Crippen LogP contribution is 2.23. The Morgan fingerprint density at radius 3 is 2.45 bits per heavy atom. The van der Waals surface area contributed by atoms with Gasteiger partial charge >= 0.3 is 6.03 Å². The highest BCUT2D eigenvalue weighted by Gasteiger charge is 2.06. The number of halogens is 1. The minimum absolute atomic E-state index is 0.385. The number of anilines is 3. The van der Waals surface area contributed by atoms with Crippen LogP contribution in [0.5, 0.6) is 5.75 Å². The predicted octanol–water partition coefficient (Wildman–Crippen LogP) is 3.57. The molecule has 0 aromatic heterocycles. The van der Waals surface area contributed by atoms with E-state index in [4.69, 9.17) is 22.1 Å². The van der Waals surface area contributed by atoms with Gasteiger partial charge in [-0.3, -0.25) is 0 Å². The van der Waals surface area contributed by atoms with E-state index in [1.807, 2.05) is 0 Å². The number of amides is 2. The standard InChI is InChI=1S/C14H14ClN3O2/c1-20-11-5-3-10(4-6-11)17-14(19)18-13-7-2-9(15)8-12(13)16/h2-8H,16H2,1H3,(H2,17,18,19). The van der Waals surface area contributed by atoms with Crippen LogP contribution in [0.25, 0.3) is 0 Å². The van der Waals surface area contributed by atoms with Crippen LogP contribution in [-0.2, 0) is 0 Å². The maximum Gasteiger partial charge on any atom is 0.323 e. The molecule has 0 fully saturated rings. The molecule has 0 aliphatic carbocycles. The van der Waals surface area contributed by atoms with Crippen LogP contribution in [0.3, 0.4) is 0 Å². The molecule has 0 saturated heterocycles. The summed E-state index contributed by atoms with van der Waals surface area (Å²) >= 11 is 5.79. The van der Waals surface area contributed by atoms with Crippen molar-refractivity contribution in [2.24, 2.45) is 0 Å². The smallest absolute Gasteiger partial charge is 0.323 e. The maximum absolute atomic E-state index is 11.8. The molecule has 4 N–H and O–H groups in total. The Morgan fingerprint density at radius 2 is 1.85 bits per heavy atom. The Balaban J connectivity index is 2.01. The second-order valence-corrected chi connectivity index (χ2v) is 4.48. The number of hydrogen-bond acceptors (Lipinski definition) is 3. The third kappa shape index (κ3) is 3.55. The van der Waals surface area contributed by atoms with Crippen molar-refractivity contribution in [1.82, 2.24) is 0 Å². The van der Waals surface area contributed by atoms with E-state index < -0.39 is 0 Å². The zero-order chi connectivity index (χ0) is 14.5. The van der Waals surface area contributed by atoms with Gasteiger partial charge in [-0.1, -0.05) is 11.6 Å². The summed E-state index contributed by atoms with van der Waals surface area (Å²) < 4.78 is 5.04. The fraction of sp³-hybridized carbons (Fsp3) is 0.0714. The highest BCUT2D eigenvalue weighted by atomic mass is 35.5. The van der Waals surface area contributed by atoms with E-state index >= 15 is 0 Å². The molecular formula is C14H14ClN3O2. The fourth-order valence-corrected chi connectivity index (χ4v) is 1.79. The maximum atomic E-state index is 11.8. The van der Waals surface area contributed by atoms with Crippen molar-refractivity contribution < 1.29 is 9.53 Å². The molecule has 2 aromatic rings. The molecular weight excluding hydrogens is 278 g/mol. The summed E-state index contributed by atoms with van der Waals surface area (Å²) in [6.45, 7) is 0. The number of carbonyl (C=O) groups excluding carboxylic acids is 1. The molecule has 20 heavy (non-hydrogen) atoms. The SMILES string of the molecule is COc1ccc(NC(=O)Nc2ccc(Cl)cc2N)cc1. The molecule has 6 heteroatoms. The van der Waals surface area contributed by atoms with Crippen LogP contribution in [0.4, 0.5) is 21.9 Å². The number of nitrogens with one attached hydrogen (secondary N) is 2. The molecule has 104 valence electrons. The molecule has 2 aromatic carbocycles. The highest BCUT2D eigenvalue weighted by molar-refractivity contribution is 6.31. The van der Waals surface area contributed by atoms with Gasteiger partial charge < -0.3 is 21.1 Å². The second-order valence-electron chi connectivity index (χ2n) is 4.04. The van der Waals surface area contributed by atoms with Crippen molar-refractivity contribution in [2.45, 2.75) is 0 Å². The van der Waals surface area contributed by atoms with Crippen molar-refractivity contribution in [3.05, 3.63) is 47.5 Å². The summed E-state index contributed by atoms with van der Waals surface area (Å²) in [7, 11) is 1.58. The van der Waals surface area contributed by atoms with Crippen molar-refractivity contribution in [3.63, 3.8) is 0 Å². The molecule has 2 rings (SSSR count). The average molecular weight is 292 g/mol. The van der Waals surface area contributed by atoms with E-state index in [-0.39, 0.29) is 6.03 Å². The largest absolute Gasteiger partial charge is 0.497 e. The molecule has 0 saturated carbocycles. The normalized spacial score (nSPS) is 9.90. The van der Waals surface area contributed by atoms with Gasteiger partial charge in [0, 0.05) is 10.7 Å².